The number of carbonyl (C=O) groups is 1. The molecule has 3 heterocycles. The number of methoxy groups -OCH3 is 1. The highest BCUT2D eigenvalue weighted by molar-refractivity contribution is 6.30. The topological polar surface area (TPSA) is 85.8 Å². The molecule has 1 aliphatic heterocycles. The van der Waals surface area contributed by atoms with E-state index in [1.165, 1.54) is 31.4 Å². The molecule has 0 bridgehead atoms. The number of pyridine rings is 2. The Morgan fingerprint density at radius 3 is 2.54 bits per heavy atom. The van der Waals surface area contributed by atoms with Gasteiger partial charge in [0.1, 0.15) is 5.75 Å². The largest absolute Gasteiger partial charge is 0.493 e. The minimum Gasteiger partial charge on any atom is -0.493 e. The molecule has 1 N–H and O–H groups in total. The molecule has 1 amide bonds. The monoisotopic (exact) mass is 690 g/mol. The number of anilines is 1. The van der Waals surface area contributed by atoms with Gasteiger partial charge < -0.3 is 24.4 Å². The molecule has 10 heteroatoms. The van der Waals surface area contributed by atoms with Crippen molar-refractivity contribution in [3.05, 3.63) is 114 Å². The summed E-state index contributed by atoms with van der Waals surface area (Å²) < 4.78 is 33.3. The maximum atomic E-state index is 15.5. The standard InChI is InChI=1S/C40H36ClFN4O4/c1-48-38-24-31-35(25-39(38)49-20-8-19-46-17-5-2-6-18-46)43-16-15-36(31)50-37-14-13-28(22-32(37)42)44-40(47)30-23-34(26-9-7-10-27(41)21-26)45-33-12-4-3-11-29(30)33/h3-4,7,9-16,21-25H,2,5-6,8,17-20H2,1H3,(H,44,47). The first-order chi connectivity index (χ1) is 24.4. The van der Waals surface area contributed by atoms with Gasteiger partial charge in [-0.15, -0.1) is 0 Å². The Hall–Kier alpha value is -5.25. The van der Waals surface area contributed by atoms with Crippen LogP contribution in [0.1, 0.15) is 36.0 Å². The summed E-state index contributed by atoms with van der Waals surface area (Å²) in [6, 6.07) is 26.0. The highest BCUT2D eigenvalue weighted by Gasteiger charge is 2.18. The SMILES string of the molecule is COc1cc2c(Oc3ccc(NC(=O)c4cc(-c5cccc(Cl)c5)nc5ccccc45)cc3F)ccnc2cc1OCCCN1CCCCC1. The van der Waals surface area contributed by atoms with E-state index in [1.54, 1.807) is 49.7 Å². The number of hydrogen-bond acceptors (Lipinski definition) is 7. The van der Waals surface area contributed by atoms with E-state index in [0.29, 0.717) is 61.9 Å². The van der Waals surface area contributed by atoms with Crippen molar-refractivity contribution in [2.45, 2.75) is 25.7 Å². The molecule has 6 aromatic rings. The van der Waals surface area contributed by atoms with Gasteiger partial charge >= 0.3 is 0 Å². The van der Waals surface area contributed by atoms with E-state index in [4.69, 9.17) is 30.8 Å². The van der Waals surface area contributed by atoms with Crippen molar-refractivity contribution >= 4 is 45.0 Å². The van der Waals surface area contributed by atoms with E-state index in [1.807, 2.05) is 42.5 Å². The summed E-state index contributed by atoms with van der Waals surface area (Å²) in [5.74, 6) is 0.470. The second-order valence-corrected chi connectivity index (χ2v) is 12.7. The summed E-state index contributed by atoms with van der Waals surface area (Å²) in [5.41, 5.74) is 3.32. The second kappa shape index (κ2) is 15.1. The quantitative estimate of drug-likeness (QED) is 0.136. The van der Waals surface area contributed by atoms with Crippen molar-refractivity contribution in [1.82, 2.24) is 14.9 Å². The van der Waals surface area contributed by atoms with E-state index in [9.17, 15) is 4.79 Å². The van der Waals surface area contributed by atoms with Crippen molar-refractivity contribution in [2.24, 2.45) is 0 Å². The molecular weight excluding hydrogens is 655 g/mol. The number of para-hydroxylation sites is 1. The van der Waals surface area contributed by atoms with Gasteiger partial charge in [0, 0.05) is 51.9 Å². The molecule has 1 saturated heterocycles. The van der Waals surface area contributed by atoms with Gasteiger partial charge in [-0.3, -0.25) is 9.78 Å². The number of rotatable bonds is 11. The first-order valence-corrected chi connectivity index (χ1v) is 17.1. The molecule has 0 saturated carbocycles. The molecule has 1 aliphatic rings. The fourth-order valence-electron chi connectivity index (χ4n) is 6.28. The van der Waals surface area contributed by atoms with Gasteiger partial charge in [0.05, 0.1) is 36.0 Å². The minimum absolute atomic E-state index is 0.00916. The first-order valence-electron chi connectivity index (χ1n) is 16.7. The molecule has 1 fully saturated rings. The summed E-state index contributed by atoms with van der Waals surface area (Å²) in [4.78, 5) is 25.3. The van der Waals surface area contributed by atoms with Crippen molar-refractivity contribution in [3.63, 3.8) is 0 Å². The van der Waals surface area contributed by atoms with Crippen LogP contribution in [0.5, 0.6) is 23.0 Å². The number of aromatic nitrogens is 2. The van der Waals surface area contributed by atoms with Gasteiger partial charge in [0.15, 0.2) is 23.1 Å². The smallest absolute Gasteiger partial charge is 0.256 e. The average Bonchev–Trinajstić information content (AvgIpc) is 3.14. The van der Waals surface area contributed by atoms with Gasteiger partial charge in [0.2, 0.25) is 0 Å². The summed E-state index contributed by atoms with van der Waals surface area (Å²) in [7, 11) is 1.58. The molecule has 2 aromatic heterocycles. The molecule has 0 unspecified atom stereocenters. The second-order valence-electron chi connectivity index (χ2n) is 12.2. The average molecular weight is 691 g/mol. The third-order valence-corrected chi connectivity index (χ3v) is 9.04. The van der Waals surface area contributed by atoms with Crippen LogP contribution in [0.2, 0.25) is 5.02 Å². The highest BCUT2D eigenvalue weighted by atomic mass is 35.5. The van der Waals surface area contributed by atoms with Crippen LogP contribution in [0.3, 0.4) is 0 Å². The van der Waals surface area contributed by atoms with E-state index in [0.717, 1.165) is 31.6 Å². The number of fused-ring (bicyclic) bond motifs is 2. The van der Waals surface area contributed by atoms with Crippen molar-refractivity contribution in [1.29, 1.82) is 0 Å². The summed E-state index contributed by atoms with van der Waals surface area (Å²) >= 11 is 6.22. The van der Waals surface area contributed by atoms with Gasteiger partial charge in [0.25, 0.3) is 5.91 Å². The highest BCUT2D eigenvalue weighted by Crippen LogP contribution is 2.38. The van der Waals surface area contributed by atoms with Crippen molar-refractivity contribution in [2.75, 3.05) is 38.7 Å². The van der Waals surface area contributed by atoms with Crippen LogP contribution < -0.4 is 19.5 Å². The Bertz CT molecular complexity index is 2170. The lowest BCUT2D eigenvalue weighted by Crippen LogP contribution is -2.31. The molecule has 7 rings (SSSR count). The van der Waals surface area contributed by atoms with E-state index in [2.05, 4.69) is 15.2 Å². The van der Waals surface area contributed by atoms with Gasteiger partial charge in [-0.1, -0.05) is 48.4 Å². The number of nitrogens with zero attached hydrogens (tertiary/aromatic N) is 3. The Labute approximate surface area is 294 Å². The predicted octanol–water partition coefficient (Wildman–Crippen LogP) is 9.55. The summed E-state index contributed by atoms with van der Waals surface area (Å²) in [6.07, 6.45) is 6.35. The lowest BCUT2D eigenvalue weighted by atomic mass is 10.0. The molecule has 8 nitrogen and oxygen atoms in total. The molecule has 50 heavy (non-hydrogen) atoms. The van der Waals surface area contributed by atoms with Crippen LogP contribution in [-0.4, -0.2) is 54.1 Å². The van der Waals surface area contributed by atoms with Crippen LogP contribution in [0.4, 0.5) is 10.1 Å². The third kappa shape index (κ3) is 7.49. The Morgan fingerprint density at radius 2 is 1.72 bits per heavy atom. The zero-order chi connectivity index (χ0) is 34.5. The van der Waals surface area contributed by atoms with E-state index < -0.39 is 11.7 Å². The van der Waals surface area contributed by atoms with Gasteiger partial charge in [-0.25, -0.2) is 9.37 Å². The van der Waals surface area contributed by atoms with Crippen molar-refractivity contribution < 1.29 is 23.4 Å². The lowest BCUT2D eigenvalue weighted by molar-refractivity contribution is 0.102. The number of carbonyl (C=O) groups excluding carboxylic acids is 1. The number of hydrogen-bond donors (Lipinski definition) is 1. The number of ether oxygens (including phenoxy) is 3. The molecule has 254 valence electrons. The zero-order valence-corrected chi connectivity index (χ0v) is 28.4. The van der Waals surface area contributed by atoms with E-state index >= 15 is 4.39 Å². The Balaban J connectivity index is 1.07. The van der Waals surface area contributed by atoms with Crippen molar-refractivity contribution in [3.8, 4) is 34.3 Å². The number of likely N-dealkylation sites (tertiary alicyclic amines) is 1. The molecule has 0 atom stereocenters. The fraction of sp³-hybridized carbons (Fsp3) is 0.225. The zero-order valence-electron chi connectivity index (χ0n) is 27.6. The van der Waals surface area contributed by atoms with Crippen LogP contribution in [-0.2, 0) is 0 Å². The predicted molar refractivity (Wildman–Crippen MR) is 195 cm³/mol. The maximum Gasteiger partial charge on any atom is 0.256 e. The molecule has 0 spiro atoms. The van der Waals surface area contributed by atoms with Crippen LogP contribution >= 0.6 is 11.6 Å². The number of amides is 1. The molecule has 4 aromatic carbocycles. The summed E-state index contributed by atoms with van der Waals surface area (Å²) in [6.45, 7) is 3.87. The van der Waals surface area contributed by atoms with Crippen LogP contribution in [0, 0.1) is 5.82 Å². The number of halogens is 2. The van der Waals surface area contributed by atoms with Gasteiger partial charge in [-0.2, -0.15) is 0 Å². The molecular formula is C40H36ClFN4O4. The van der Waals surface area contributed by atoms with Crippen LogP contribution in [0.25, 0.3) is 33.1 Å². The maximum absolute atomic E-state index is 15.5. The number of piperidine rings is 1. The van der Waals surface area contributed by atoms with E-state index in [-0.39, 0.29) is 11.4 Å². The molecule has 0 radical (unpaired) electrons. The van der Waals surface area contributed by atoms with Gasteiger partial charge in [-0.05, 0) is 80.9 Å². The normalized spacial score (nSPS) is 13.3. The fourth-order valence-corrected chi connectivity index (χ4v) is 6.47. The summed E-state index contributed by atoms with van der Waals surface area (Å²) in [5, 5.41) is 4.70. The Kier molecular flexibility index (Phi) is 10.0. The number of nitrogens with one attached hydrogen (secondary N) is 1. The molecule has 0 aliphatic carbocycles. The minimum atomic E-state index is -0.646. The van der Waals surface area contributed by atoms with Crippen LogP contribution in [0.15, 0.2) is 97.2 Å². The first kappa shape index (κ1) is 33.3. The third-order valence-electron chi connectivity index (χ3n) is 8.80. The Morgan fingerprint density at radius 1 is 0.860 bits per heavy atom. The lowest BCUT2D eigenvalue weighted by Gasteiger charge is -2.26. The number of benzene rings is 4.